The van der Waals surface area contributed by atoms with Gasteiger partial charge in [0.25, 0.3) is 5.91 Å². The van der Waals surface area contributed by atoms with E-state index in [2.05, 4.69) is 14.5 Å². The molecular formula is C22H24N4O. The van der Waals surface area contributed by atoms with Gasteiger partial charge in [-0.05, 0) is 37.0 Å². The molecule has 2 aromatic heterocycles. The van der Waals surface area contributed by atoms with E-state index in [1.54, 1.807) is 6.20 Å². The van der Waals surface area contributed by atoms with Crippen molar-refractivity contribution in [3.05, 3.63) is 72.1 Å². The second kappa shape index (κ2) is 7.35. The lowest BCUT2D eigenvalue weighted by Gasteiger charge is -2.33. The molecule has 4 rings (SSSR count). The van der Waals surface area contributed by atoms with Crippen LogP contribution in [0.1, 0.15) is 40.6 Å². The fourth-order valence-corrected chi connectivity index (χ4v) is 4.00. The van der Waals surface area contributed by atoms with Gasteiger partial charge in [0.05, 0.1) is 11.3 Å². The fourth-order valence-electron chi connectivity index (χ4n) is 4.00. The molecule has 1 unspecified atom stereocenters. The molecule has 0 saturated carbocycles. The number of piperidine rings is 1. The maximum absolute atomic E-state index is 13.5. The molecule has 5 nitrogen and oxygen atoms in total. The Morgan fingerprint density at radius 3 is 2.67 bits per heavy atom. The Morgan fingerprint density at radius 1 is 1.11 bits per heavy atom. The topological polar surface area (TPSA) is 51.0 Å². The van der Waals surface area contributed by atoms with Crippen LogP contribution in [-0.4, -0.2) is 38.4 Å². The first-order valence-electron chi connectivity index (χ1n) is 9.42. The van der Waals surface area contributed by atoms with Crippen LogP contribution >= 0.6 is 0 Å². The number of aryl methyl sites for hydroxylation is 2. The predicted molar refractivity (Wildman–Crippen MR) is 105 cm³/mol. The van der Waals surface area contributed by atoms with E-state index in [-0.39, 0.29) is 11.8 Å². The Hall–Kier alpha value is -2.95. The molecule has 1 aromatic carbocycles. The standard InChI is InChI=1S/C22H24N4O/c1-16-20(19(10-11-23-16)17-7-4-3-5-8-17)22(27)26-13-6-9-18(15-26)21-24-12-14-25(21)2/h3-5,7-8,10-12,14,18H,6,9,13,15H2,1-2H3. The van der Waals surface area contributed by atoms with Gasteiger partial charge < -0.3 is 9.47 Å². The number of likely N-dealkylation sites (tertiary alicyclic amines) is 1. The maximum atomic E-state index is 13.5. The number of aromatic nitrogens is 3. The lowest BCUT2D eigenvalue weighted by molar-refractivity contribution is 0.0703. The smallest absolute Gasteiger partial charge is 0.256 e. The van der Waals surface area contributed by atoms with Crippen LogP contribution in [0.2, 0.25) is 0 Å². The van der Waals surface area contributed by atoms with Gasteiger partial charge in [0.15, 0.2) is 0 Å². The molecule has 0 spiro atoms. The molecule has 5 heteroatoms. The molecule has 1 fully saturated rings. The van der Waals surface area contributed by atoms with Gasteiger partial charge >= 0.3 is 0 Å². The second-order valence-electron chi connectivity index (χ2n) is 7.17. The Balaban J connectivity index is 1.66. The highest BCUT2D eigenvalue weighted by Crippen LogP contribution is 2.30. The van der Waals surface area contributed by atoms with E-state index in [0.29, 0.717) is 12.1 Å². The van der Waals surface area contributed by atoms with E-state index in [4.69, 9.17) is 0 Å². The van der Waals surface area contributed by atoms with Gasteiger partial charge in [-0.1, -0.05) is 30.3 Å². The Morgan fingerprint density at radius 2 is 1.93 bits per heavy atom. The lowest BCUT2D eigenvalue weighted by Crippen LogP contribution is -2.40. The molecule has 1 amide bonds. The third kappa shape index (κ3) is 3.37. The zero-order valence-electron chi connectivity index (χ0n) is 15.8. The molecule has 3 heterocycles. The van der Waals surface area contributed by atoms with Crippen LogP contribution in [-0.2, 0) is 7.05 Å². The van der Waals surface area contributed by atoms with E-state index >= 15 is 0 Å². The number of nitrogens with zero attached hydrogens (tertiary/aromatic N) is 4. The number of amides is 1. The minimum Gasteiger partial charge on any atom is -0.338 e. The van der Waals surface area contributed by atoms with Crippen LogP contribution in [0.15, 0.2) is 55.0 Å². The van der Waals surface area contributed by atoms with Gasteiger partial charge in [-0.25, -0.2) is 4.98 Å². The van der Waals surface area contributed by atoms with Crippen LogP contribution in [0.4, 0.5) is 0 Å². The second-order valence-corrected chi connectivity index (χ2v) is 7.17. The average Bonchev–Trinajstić information content (AvgIpc) is 3.14. The quantitative estimate of drug-likeness (QED) is 0.714. The summed E-state index contributed by atoms with van der Waals surface area (Å²) in [5, 5.41) is 0. The number of hydrogen-bond acceptors (Lipinski definition) is 3. The van der Waals surface area contributed by atoms with Gasteiger partial charge in [-0.3, -0.25) is 9.78 Å². The van der Waals surface area contributed by atoms with Gasteiger partial charge in [-0.2, -0.15) is 0 Å². The molecule has 1 aliphatic heterocycles. The van der Waals surface area contributed by atoms with E-state index in [0.717, 1.165) is 42.0 Å². The summed E-state index contributed by atoms with van der Waals surface area (Å²) in [5.74, 6) is 1.40. The van der Waals surface area contributed by atoms with Crippen molar-refractivity contribution in [2.45, 2.75) is 25.7 Å². The third-order valence-corrected chi connectivity index (χ3v) is 5.37. The molecule has 1 saturated heterocycles. The van der Waals surface area contributed by atoms with E-state index < -0.39 is 0 Å². The van der Waals surface area contributed by atoms with Crippen LogP contribution in [0.25, 0.3) is 11.1 Å². The van der Waals surface area contributed by atoms with Gasteiger partial charge in [0, 0.05) is 44.6 Å². The van der Waals surface area contributed by atoms with E-state index in [1.807, 2.05) is 67.7 Å². The summed E-state index contributed by atoms with van der Waals surface area (Å²) in [4.78, 5) is 24.3. The summed E-state index contributed by atoms with van der Waals surface area (Å²) in [7, 11) is 2.02. The molecular weight excluding hydrogens is 336 g/mol. The van der Waals surface area contributed by atoms with Gasteiger partial charge in [0.1, 0.15) is 5.82 Å². The number of pyridine rings is 1. The SMILES string of the molecule is Cc1nccc(-c2ccccc2)c1C(=O)N1CCCC(c2nccn2C)C1. The average molecular weight is 360 g/mol. The third-order valence-electron chi connectivity index (χ3n) is 5.37. The minimum atomic E-state index is 0.0679. The molecule has 0 radical (unpaired) electrons. The molecule has 1 atom stereocenters. The highest BCUT2D eigenvalue weighted by Gasteiger charge is 2.29. The molecule has 0 aliphatic carbocycles. The maximum Gasteiger partial charge on any atom is 0.256 e. The van der Waals surface area contributed by atoms with Crippen molar-refractivity contribution in [2.24, 2.45) is 7.05 Å². The molecule has 1 aliphatic rings. The Kier molecular flexibility index (Phi) is 4.75. The lowest BCUT2D eigenvalue weighted by atomic mass is 9.94. The number of carbonyl (C=O) groups excluding carboxylic acids is 1. The van der Waals surface area contributed by atoms with Crippen molar-refractivity contribution in [1.82, 2.24) is 19.4 Å². The number of benzene rings is 1. The zero-order chi connectivity index (χ0) is 18.8. The van der Waals surface area contributed by atoms with E-state index in [9.17, 15) is 4.79 Å². The molecule has 0 bridgehead atoms. The molecule has 3 aromatic rings. The van der Waals surface area contributed by atoms with Crippen molar-refractivity contribution in [3.63, 3.8) is 0 Å². The van der Waals surface area contributed by atoms with Crippen LogP contribution in [0, 0.1) is 6.92 Å². The summed E-state index contributed by atoms with van der Waals surface area (Å²) in [6.07, 6.45) is 7.63. The predicted octanol–water partition coefficient (Wildman–Crippen LogP) is 3.81. The van der Waals surface area contributed by atoms with Gasteiger partial charge in [0.2, 0.25) is 0 Å². The first-order chi connectivity index (χ1) is 13.1. The summed E-state index contributed by atoms with van der Waals surface area (Å²) >= 11 is 0. The Labute approximate surface area is 159 Å². The number of imidazole rings is 1. The summed E-state index contributed by atoms with van der Waals surface area (Å²) in [6.45, 7) is 3.40. The summed E-state index contributed by atoms with van der Waals surface area (Å²) in [5.41, 5.74) is 3.49. The Bertz CT molecular complexity index is 948. The summed E-state index contributed by atoms with van der Waals surface area (Å²) in [6, 6.07) is 12.0. The highest BCUT2D eigenvalue weighted by atomic mass is 16.2. The largest absolute Gasteiger partial charge is 0.338 e. The van der Waals surface area contributed by atoms with Crippen molar-refractivity contribution in [3.8, 4) is 11.1 Å². The molecule has 27 heavy (non-hydrogen) atoms. The van der Waals surface area contributed by atoms with Crippen molar-refractivity contribution in [2.75, 3.05) is 13.1 Å². The molecule has 0 N–H and O–H groups in total. The highest BCUT2D eigenvalue weighted by molar-refractivity contribution is 6.01. The number of carbonyl (C=O) groups is 1. The van der Waals surface area contributed by atoms with Crippen molar-refractivity contribution < 1.29 is 4.79 Å². The number of rotatable bonds is 3. The fraction of sp³-hybridized carbons (Fsp3) is 0.318. The van der Waals surface area contributed by atoms with Crippen molar-refractivity contribution in [1.29, 1.82) is 0 Å². The zero-order valence-corrected chi connectivity index (χ0v) is 15.8. The molecule has 138 valence electrons. The monoisotopic (exact) mass is 360 g/mol. The van der Waals surface area contributed by atoms with Crippen LogP contribution in [0.3, 0.4) is 0 Å². The van der Waals surface area contributed by atoms with Crippen LogP contribution < -0.4 is 0 Å². The minimum absolute atomic E-state index is 0.0679. The first kappa shape index (κ1) is 17.5. The number of hydrogen-bond donors (Lipinski definition) is 0. The normalized spacial score (nSPS) is 17.1. The van der Waals surface area contributed by atoms with Crippen molar-refractivity contribution >= 4 is 5.91 Å². The van der Waals surface area contributed by atoms with Crippen LogP contribution in [0.5, 0.6) is 0 Å². The van der Waals surface area contributed by atoms with E-state index in [1.165, 1.54) is 0 Å². The summed E-state index contributed by atoms with van der Waals surface area (Å²) < 4.78 is 2.06. The van der Waals surface area contributed by atoms with Gasteiger partial charge in [-0.15, -0.1) is 0 Å². The first-order valence-corrected chi connectivity index (χ1v) is 9.42.